The van der Waals surface area contributed by atoms with Crippen LogP contribution in [-0.2, 0) is 35.7 Å². The molecular weight excluding hydrogens is 615 g/mol. The van der Waals surface area contributed by atoms with E-state index in [1.54, 1.807) is 30.3 Å². The van der Waals surface area contributed by atoms with Crippen molar-refractivity contribution in [2.75, 3.05) is 6.54 Å². The molecule has 232 valence electrons. The van der Waals surface area contributed by atoms with E-state index in [9.17, 15) is 31.5 Å². The van der Waals surface area contributed by atoms with Gasteiger partial charge in [-0.25, -0.2) is 13.1 Å². The Bertz CT molecular complexity index is 1670. The summed E-state index contributed by atoms with van der Waals surface area (Å²) in [6.07, 6.45) is -5.35. The number of hydrogen-bond donors (Lipinski definition) is 4. The molecule has 0 unspecified atom stereocenters. The predicted octanol–water partition coefficient (Wildman–Crippen LogP) is 5.33. The molecule has 4 N–H and O–H groups in total. The second-order valence-corrected chi connectivity index (χ2v) is 12.4. The standard InChI is InChI=1S/C32H31ClF3N3O4S/c33-27-13-5-10-24(16-27)20-38-44(42,43)28-14-6-11-25(18-28)31(41)39-29(17-22-7-2-1-3-8-22)30(40)21-37-19-23-9-4-12-26(15-23)32(34,35)36/h1-16,18,29-30,37-38,40H,17,19-21H2,(H,39,41)/t29-,30-/m0/s1. The Morgan fingerprint density at radius 2 is 1.48 bits per heavy atom. The van der Waals surface area contributed by atoms with Crippen molar-refractivity contribution >= 4 is 27.5 Å². The van der Waals surface area contributed by atoms with Crippen LogP contribution in [0.3, 0.4) is 0 Å². The number of nitrogens with one attached hydrogen (secondary N) is 3. The van der Waals surface area contributed by atoms with Crippen molar-refractivity contribution in [3.05, 3.63) is 136 Å². The first kappa shape index (κ1) is 33.2. The molecule has 4 aromatic rings. The topological polar surface area (TPSA) is 108 Å². The van der Waals surface area contributed by atoms with E-state index >= 15 is 0 Å². The Morgan fingerprint density at radius 3 is 2.18 bits per heavy atom. The van der Waals surface area contributed by atoms with Gasteiger partial charge in [-0.3, -0.25) is 4.79 Å². The van der Waals surface area contributed by atoms with Gasteiger partial charge >= 0.3 is 6.18 Å². The lowest BCUT2D eigenvalue weighted by Gasteiger charge is -2.25. The number of benzene rings is 4. The molecule has 0 aliphatic heterocycles. The minimum atomic E-state index is -4.47. The summed E-state index contributed by atoms with van der Waals surface area (Å²) in [7, 11) is -3.97. The first-order valence-electron chi connectivity index (χ1n) is 13.6. The highest BCUT2D eigenvalue weighted by atomic mass is 35.5. The minimum Gasteiger partial charge on any atom is -0.390 e. The summed E-state index contributed by atoms with van der Waals surface area (Å²) < 4.78 is 67.6. The summed E-state index contributed by atoms with van der Waals surface area (Å²) in [4.78, 5) is 13.2. The second-order valence-electron chi connectivity index (χ2n) is 10.1. The zero-order chi connectivity index (χ0) is 31.7. The van der Waals surface area contributed by atoms with Crippen LogP contribution in [0.15, 0.2) is 108 Å². The number of carbonyl (C=O) groups excluding carboxylic acids is 1. The molecule has 0 aliphatic carbocycles. The number of halogens is 4. The fraction of sp³-hybridized carbons (Fsp3) is 0.219. The van der Waals surface area contributed by atoms with E-state index in [0.29, 0.717) is 16.1 Å². The van der Waals surface area contributed by atoms with Crippen LogP contribution < -0.4 is 15.4 Å². The van der Waals surface area contributed by atoms with Crippen LogP contribution in [0.25, 0.3) is 0 Å². The number of alkyl halides is 3. The Labute approximate surface area is 259 Å². The molecule has 44 heavy (non-hydrogen) atoms. The maximum atomic E-state index is 13.3. The number of carbonyl (C=O) groups is 1. The van der Waals surface area contributed by atoms with Gasteiger partial charge in [0.15, 0.2) is 0 Å². The molecule has 0 bridgehead atoms. The molecule has 1 amide bonds. The van der Waals surface area contributed by atoms with Crippen LogP contribution >= 0.6 is 11.6 Å². The fourth-order valence-electron chi connectivity index (χ4n) is 4.48. The predicted molar refractivity (Wildman–Crippen MR) is 162 cm³/mol. The van der Waals surface area contributed by atoms with Gasteiger partial charge in [0.2, 0.25) is 10.0 Å². The van der Waals surface area contributed by atoms with Crippen molar-refractivity contribution in [1.82, 2.24) is 15.4 Å². The molecule has 0 aliphatic rings. The van der Waals surface area contributed by atoms with E-state index in [-0.39, 0.29) is 36.5 Å². The number of aliphatic hydroxyl groups is 1. The van der Waals surface area contributed by atoms with Gasteiger partial charge in [0, 0.05) is 30.2 Å². The molecule has 4 aromatic carbocycles. The SMILES string of the molecule is O=C(N[C@@H](Cc1ccccc1)[C@@H](O)CNCc1cccc(C(F)(F)F)c1)c1cccc(S(=O)(=O)NCc2cccc(Cl)c2)c1. The molecule has 0 saturated heterocycles. The van der Waals surface area contributed by atoms with Crippen LogP contribution in [0.2, 0.25) is 5.02 Å². The third kappa shape index (κ3) is 9.63. The molecule has 7 nitrogen and oxygen atoms in total. The summed E-state index contributed by atoms with van der Waals surface area (Å²) in [5.41, 5.74) is 1.18. The molecule has 0 spiro atoms. The van der Waals surface area contributed by atoms with Crippen LogP contribution in [0.1, 0.15) is 32.6 Å². The average molecular weight is 646 g/mol. The van der Waals surface area contributed by atoms with Crippen molar-refractivity contribution < 1.29 is 31.5 Å². The van der Waals surface area contributed by atoms with Gasteiger partial charge in [0.25, 0.3) is 5.91 Å². The smallest absolute Gasteiger partial charge is 0.390 e. The lowest BCUT2D eigenvalue weighted by Crippen LogP contribution is -2.48. The summed E-state index contributed by atoms with van der Waals surface area (Å²) in [5.74, 6) is -0.602. The van der Waals surface area contributed by atoms with Crippen molar-refractivity contribution in [3.8, 4) is 0 Å². The van der Waals surface area contributed by atoms with E-state index < -0.39 is 39.8 Å². The Hall–Kier alpha value is -3.74. The zero-order valence-electron chi connectivity index (χ0n) is 23.4. The van der Waals surface area contributed by atoms with Gasteiger partial charge in [-0.15, -0.1) is 0 Å². The quantitative estimate of drug-likeness (QED) is 0.157. The van der Waals surface area contributed by atoms with E-state index in [1.807, 2.05) is 30.3 Å². The van der Waals surface area contributed by atoms with Gasteiger partial charge in [-0.05, 0) is 59.5 Å². The molecule has 2 atom stereocenters. The highest BCUT2D eigenvalue weighted by molar-refractivity contribution is 7.89. The van der Waals surface area contributed by atoms with Crippen molar-refractivity contribution in [2.45, 2.75) is 42.7 Å². The maximum absolute atomic E-state index is 13.3. The maximum Gasteiger partial charge on any atom is 0.416 e. The normalized spacial score (nSPS) is 13.3. The number of hydrogen-bond acceptors (Lipinski definition) is 5. The van der Waals surface area contributed by atoms with Crippen LogP contribution in [0.4, 0.5) is 13.2 Å². The first-order chi connectivity index (χ1) is 20.9. The highest BCUT2D eigenvalue weighted by Crippen LogP contribution is 2.29. The summed E-state index contributed by atoms with van der Waals surface area (Å²) in [5, 5.41) is 17.3. The van der Waals surface area contributed by atoms with Gasteiger partial charge in [-0.2, -0.15) is 13.2 Å². The van der Waals surface area contributed by atoms with E-state index in [2.05, 4.69) is 15.4 Å². The molecule has 0 aromatic heterocycles. The van der Waals surface area contributed by atoms with Crippen molar-refractivity contribution in [3.63, 3.8) is 0 Å². The van der Waals surface area contributed by atoms with Gasteiger partial charge < -0.3 is 15.7 Å². The molecule has 0 radical (unpaired) electrons. The van der Waals surface area contributed by atoms with E-state index in [0.717, 1.165) is 17.7 Å². The minimum absolute atomic E-state index is 0.00183. The molecular formula is C32H31ClF3N3O4S. The third-order valence-corrected chi connectivity index (χ3v) is 8.41. The second kappa shape index (κ2) is 14.8. The van der Waals surface area contributed by atoms with Crippen molar-refractivity contribution in [2.24, 2.45) is 0 Å². The van der Waals surface area contributed by atoms with E-state index in [4.69, 9.17) is 11.6 Å². The Kier molecular flexibility index (Phi) is 11.2. The first-order valence-corrected chi connectivity index (χ1v) is 15.5. The molecule has 12 heteroatoms. The largest absolute Gasteiger partial charge is 0.416 e. The lowest BCUT2D eigenvalue weighted by molar-refractivity contribution is -0.137. The molecule has 0 heterocycles. The summed E-state index contributed by atoms with van der Waals surface area (Å²) in [6, 6.07) is 25.5. The lowest BCUT2D eigenvalue weighted by atomic mass is 10.0. The summed E-state index contributed by atoms with van der Waals surface area (Å²) in [6.45, 7) is 0.0309. The Balaban J connectivity index is 1.44. The highest BCUT2D eigenvalue weighted by Gasteiger charge is 2.30. The van der Waals surface area contributed by atoms with Crippen LogP contribution in [0.5, 0.6) is 0 Å². The number of amides is 1. The van der Waals surface area contributed by atoms with Gasteiger partial charge in [-0.1, -0.05) is 78.3 Å². The van der Waals surface area contributed by atoms with Crippen LogP contribution in [0, 0.1) is 0 Å². The number of sulfonamides is 1. The van der Waals surface area contributed by atoms with E-state index in [1.165, 1.54) is 30.3 Å². The number of aliphatic hydroxyl groups excluding tert-OH is 1. The van der Waals surface area contributed by atoms with Gasteiger partial charge in [0.05, 0.1) is 22.6 Å². The summed E-state index contributed by atoms with van der Waals surface area (Å²) >= 11 is 5.98. The average Bonchev–Trinajstić information content (AvgIpc) is 3.00. The Morgan fingerprint density at radius 1 is 0.818 bits per heavy atom. The molecule has 0 fully saturated rings. The number of rotatable bonds is 13. The zero-order valence-corrected chi connectivity index (χ0v) is 25.0. The third-order valence-electron chi connectivity index (χ3n) is 6.78. The van der Waals surface area contributed by atoms with Crippen LogP contribution in [-0.4, -0.2) is 38.1 Å². The monoisotopic (exact) mass is 645 g/mol. The van der Waals surface area contributed by atoms with Gasteiger partial charge in [0.1, 0.15) is 0 Å². The molecule has 0 saturated carbocycles. The van der Waals surface area contributed by atoms with Crippen molar-refractivity contribution in [1.29, 1.82) is 0 Å². The fourth-order valence-corrected chi connectivity index (χ4v) is 5.76. The molecule has 4 rings (SSSR count).